The quantitative estimate of drug-likeness (QED) is 0.610. The number of hydrogen-bond donors (Lipinski definition) is 1. The third-order valence-electron chi connectivity index (χ3n) is 4.55. The van der Waals surface area contributed by atoms with Gasteiger partial charge in [0, 0.05) is 11.6 Å². The predicted molar refractivity (Wildman–Crippen MR) is 88.7 cm³/mol. The molecule has 2 nitrogen and oxygen atoms in total. The first-order valence-corrected chi connectivity index (χ1v) is 10.7. The Morgan fingerprint density at radius 1 is 1.27 bits per heavy atom. The summed E-state index contributed by atoms with van der Waals surface area (Å²) in [5.41, 5.74) is -1.76. The van der Waals surface area contributed by atoms with Crippen molar-refractivity contribution in [2.24, 2.45) is 0 Å². The van der Waals surface area contributed by atoms with Crippen LogP contribution in [0.1, 0.15) is 33.3 Å². The second kappa shape index (κ2) is 6.55. The zero-order valence-corrected chi connectivity index (χ0v) is 15.8. The van der Waals surface area contributed by atoms with E-state index in [9.17, 15) is 13.9 Å². The molecule has 0 radical (unpaired) electrons. The molecule has 0 aliphatic heterocycles. The Morgan fingerprint density at radius 3 is 2.23 bits per heavy atom. The molecular formula is C16H25ClF2O2Si. The van der Waals surface area contributed by atoms with Crippen molar-refractivity contribution in [1.29, 1.82) is 0 Å². The van der Waals surface area contributed by atoms with Crippen LogP contribution in [0.2, 0.25) is 18.1 Å². The fourth-order valence-electron chi connectivity index (χ4n) is 1.96. The van der Waals surface area contributed by atoms with Gasteiger partial charge in [-0.1, -0.05) is 26.8 Å². The first kappa shape index (κ1) is 19.6. The summed E-state index contributed by atoms with van der Waals surface area (Å²) in [6, 6.07) is 3.07. The topological polar surface area (TPSA) is 29.5 Å². The van der Waals surface area contributed by atoms with Crippen LogP contribution >= 0.6 is 11.6 Å². The van der Waals surface area contributed by atoms with Crippen molar-refractivity contribution in [3.63, 3.8) is 0 Å². The van der Waals surface area contributed by atoms with Crippen LogP contribution in [0.3, 0.4) is 0 Å². The average Bonchev–Trinajstić information content (AvgIpc) is 2.35. The Hall–Kier alpha value is -0.493. The minimum atomic E-state index is -2.17. The van der Waals surface area contributed by atoms with E-state index in [0.717, 1.165) is 12.1 Å². The van der Waals surface area contributed by atoms with Crippen LogP contribution in [-0.2, 0) is 10.0 Å². The molecule has 0 spiro atoms. The van der Waals surface area contributed by atoms with Crippen LogP contribution in [0, 0.1) is 11.6 Å². The van der Waals surface area contributed by atoms with Crippen LogP contribution in [0.5, 0.6) is 0 Å². The lowest BCUT2D eigenvalue weighted by Crippen LogP contribution is -2.51. The first-order chi connectivity index (χ1) is 9.85. The number of halogens is 3. The van der Waals surface area contributed by atoms with Crippen molar-refractivity contribution >= 4 is 19.9 Å². The first-order valence-electron chi connectivity index (χ1n) is 7.27. The average molecular weight is 351 g/mol. The fourth-order valence-corrected chi connectivity index (χ4v) is 3.75. The van der Waals surface area contributed by atoms with Crippen molar-refractivity contribution in [2.45, 2.75) is 57.5 Å². The number of rotatable bonds is 5. The summed E-state index contributed by atoms with van der Waals surface area (Å²) in [6.07, 6.45) is -0.717. The molecule has 0 saturated heterocycles. The second-order valence-corrected chi connectivity index (χ2v) is 12.2. The van der Waals surface area contributed by atoms with Gasteiger partial charge in [0.1, 0.15) is 17.2 Å². The molecule has 0 amide bonds. The number of alkyl halides is 1. The minimum Gasteiger partial charge on any atom is -0.411 e. The molecule has 0 saturated carbocycles. The molecule has 0 aliphatic carbocycles. The van der Waals surface area contributed by atoms with Gasteiger partial charge in [0.05, 0.1) is 12.0 Å². The maximum atomic E-state index is 14.1. The van der Waals surface area contributed by atoms with Crippen LogP contribution in [0.25, 0.3) is 0 Å². The van der Waals surface area contributed by atoms with E-state index < -0.39 is 31.7 Å². The van der Waals surface area contributed by atoms with E-state index in [2.05, 4.69) is 20.8 Å². The van der Waals surface area contributed by atoms with Crippen molar-refractivity contribution in [1.82, 2.24) is 0 Å². The van der Waals surface area contributed by atoms with E-state index in [1.165, 1.54) is 6.07 Å². The summed E-state index contributed by atoms with van der Waals surface area (Å²) in [7, 11) is -2.17. The summed E-state index contributed by atoms with van der Waals surface area (Å²) in [6.45, 7) is 12.0. The van der Waals surface area contributed by atoms with Crippen molar-refractivity contribution in [2.75, 3.05) is 5.88 Å². The van der Waals surface area contributed by atoms with Gasteiger partial charge in [-0.15, -0.1) is 11.6 Å². The van der Waals surface area contributed by atoms with Crippen LogP contribution in [-0.4, -0.2) is 25.4 Å². The van der Waals surface area contributed by atoms with E-state index >= 15 is 0 Å². The summed E-state index contributed by atoms with van der Waals surface area (Å²) < 4.78 is 33.3. The maximum Gasteiger partial charge on any atom is 0.192 e. The molecule has 1 N–H and O–H groups in total. The number of aliphatic hydroxyl groups is 1. The monoisotopic (exact) mass is 350 g/mol. The normalized spacial score (nSPS) is 17.2. The van der Waals surface area contributed by atoms with Crippen LogP contribution < -0.4 is 0 Å². The molecule has 0 bridgehead atoms. The van der Waals surface area contributed by atoms with Gasteiger partial charge >= 0.3 is 0 Å². The lowest BCUT2D eigenvalue weighted by Gasteiger charge is -2.43. The standard InChI is InChI=1S/C16H25ClF2O2Si/c1-11(21-22(5,6)15(2,3)4)16(20,10-17)13-8-7-12(18)9-14(13)19/h7-9,11,20H,10H2,1-6H3. The Bertz CT molecular complexity index is 531. The molecule has 0 aliphatic rings. The van der Waals surface area contributed by atoms with Gasteiger partial charge in [-0.2, -0.15) is 0 Å². The zero-order chi connectivity index (χ0) is 17.3. The Labute approximate surface area is 137 Å². The third kappa shape index (κ3) is 3.88. The highest BCUT2D eigenvalue weighted by molar-refractivity contribution is 6.74. The van der Waals surface area contributed by atoms with Gasteiger partial charge < -0.3 is 9.53 Å². The highest BCUT2D eigenvalue weighted by atomic mass is 35.5. The number of hydrogen-bond acceptors (Lipinski definition) is 2. The molecular weight excluding hydrogens is 326 g/mol. The van der Waals surface area contributed by atoms with Gasteiger partial charge in [-0.05, 0) is 31.1 Å². The Balaban J connectivity index is 3.18. The molecule has 1 rings (SSSR count). The molecule has 0 aromatic heterocycles. The lowest BCUT2D eigenvalue weighted by molar-refractivity contribution is -0.0494. The van der Waals surface area contributed by atoms with Gasteiger partial charge in [0.25, 0.3) is 0 Å². The molecule has 0 heterocycles. The molecule has 2 unspecified atom stereocenters. The molecule has 1 aromatic rings. The van der Waals surface area contributed by atoms with Gasteiger partial charge in [-0.3, -0.25) is 0 Å². The van der Waals surface area contributed by atoms with Crippen molar-refractivity contribution in [3.8, 4) is 0 Å². The molecule has 1 aromatic carbocycles. The van der Waals surface area contributed by atoms with E-state index in [1.807, 2.05) is 13.1 Å². The lowest BCUT2D eigenvalue weighted by atomic mass is 9.90. The summed E-state index contributed by atoms with van der Waals surface area (Å²) in [4.78, 5) is 0. The second-order valence-electron chi connectivity index (χ2n) is 7.20. The van der Waals surface area contributed by atoms with Crippen LogP contribution in [0.4, 0.5) is 8.78 Å². The summed E-state index contributed by atoms with van der Waals surface area (Å²) in [5, 5.41) is 10.8. The van der Waals surface area contributed by atoms with E-state index in [4.69, 9.17) is 16.0 Å². The SMILES string of the molecule is CC(O[Si](C)(C)C(C)(C)C)C(O)(CCl)c1ccc(F)cc1F. The minimum absolute atomic E-state index is 0.0462. The van der Waals surface area contributed by atoms with Gasteiger partial charge in [0.2, 0.25) is 0 Å². The van der Waals surface area contributed by atoms with Crippen LogP contribution in [0.15, 0.2) is 18.2 Å². The third-order valence-corrected chi connectivity index (χ3v) is 9.51. The fraction of sp³-hybridized carbons (Fsp3) is 0.625. The van der Waals surface area contributed by atoms with Crippen molar-refractivity contribution < 1.29 is 18.3 Å². The predicted octanol–water partition coefficient (Wildman–Crippen LogP) is 4.80. The smallest absolute Gasteiger partial charge is 0.192 e. The molecule has 6 heteroatoms. The van der Waals surface area contributed by atoms with E-state index in [0.29, 0.717) is 0 Å². The maximum absolute atomic E-state index is 14.1. The largest absolute Gasteiger partial charge is 0.411 e. The van der Waals surface area contributed by atoms with Gasteiger partial charge in [0.15, 0.2) is 8.32 Å². The Morgan fingerprint density at radius 2 is 1.82 bits per heavy atom. The molecule has 2 atom stereocenters. The number of benzene rings is 1. The van der Waals surface area contributed by atoms with E-state index in [-0.39, 0.29) is 16.5 Å². The summed E-state index contributed by atoms with van der Waals surface area (Å²) in [5.74, 6) is -1.77. The highest BCUT2D eigenvalue weighted by Gasteiger charge is 2.45. The zero-order valence-electron chi connectivity index (χ0n) is 14.0. The summed E-state index contributed by atoms with van der Waals surface area (Å²) >= 11 is 5.92. The van der Waals surface area contributed by atoms with Gasteiger partial charge in [-0.25, -0.2) is 8.78 Å². The Kier molecular flexibility index (Phi) is 5.82. The molecule has 126 valence electrons. The molecule has 22 heavy (non-hydrogen) atoms. The van der Waals surface area contributed by atoms with E-state index in [1.54, 1.807) is 6.92 Å². The molecule has 0 fully saturated rings. The van der Waals surface area contributed by atoms with Crippen molar-refractivity contribution in [3.05, 3.63) is 35.4 Å². The highest BCUT2D eigenvalue weighted by Crippen LogP contribution is 2.40.